The Bertz CT molecular complexity index is 456. The molecule has 0 aromatic carbocycles. The Hall–Kier alpha value is -1.46. The van der Waals surface area contributed by atoms with E-state index in [2.05, 4.69) is 26.8 Å². The minimum Gasteiger partial charge on any atom is -0.377 e. The van der Waals surface area contributed by atoms with Gasteiger partial charge in [-0.2, -0.15) is 0 Å². The first-order valence-corrected chi connectivity index (χ1v) is 7.64. The van der Waals surface area contributed by atoms with Gasteiger partial charge in [-0.25, -0.2) is 9.97 Å². The van der Waals surface area contributed by atoms with Crippen molar-refractivity contribution in [3.05, 3.63) is 30.2 Å². The van der Waals surface area contributed by atoms with Crippen LogP contribution in [0, 0.1) is 6.92 Å². The molecule has 0 spiro atoms. The van der Waals surface area contributed by atoms with E-state index in [1.807, 2.05) is 19.1 Å². The average molecular weight is 290 g/mol. The Morgan fingerprint density at radius 2 is 2.19 bits per heavy atom. The molecular formula is C16H26N4O. The molecule has 0 bridgehead atoms. The third kappa shape index (κ3) is 5.10. The molecule has 0 unspecified atom stereocenters. The Morgan fingerprint density at radius 1 is 1.43 bits per heavy atom. The third-order valence-electron chi connectivity index (χ3n) is 3.76. The summed E-state index contributed by atoms with van der Waals surface area (Å²) in [6, 6.07) is 2.50. The third-order valence-corrected chi connectivity index (χ3v) is 3.76. The predicted molar refractivity (Wildman–Crippen MR) is 85.4 cm³/mol. The molecule has 0 aliphatic carbocycles. The molecule has 1 N–H and O–H groups in total. The number of hydrogen-bond donors (Lipinski definition) is 1. The van der Waals surface area contributed by atoms with Crippen molar-refractivity contribution >= 4 is 5.82 Å². The number of piperidine rings is 1. The fourth-order valence-corrected chi connectivity index (χ4v) is 2.68. The van der Waals surface area contributed by atoms with E-state index in [9.17, 15) is 0 Å². The fraction of sp³-hybridized carbons (Fsp3) is 0.625. The van der Waals surface area contributed by atoms with Crippen LogP contribution < -0.4 is 5.32 Å². The fourth-order valence-electron chi connectivity index (χ4n) is 2.68. The standard InChI is InChI=1S/C16H26N4O/c1-4-5-8-20-9-6-14(7-10-20)18-15-11-13(2)17-16(19-15)12-21-3/h4,11,14H,1,5-10,12H2,2-3H3,(H,17,18,19). The van der Waals surface area contributed by atoms with Gasteiger partial charge in [0.15, 0.2) is 5.82 Å². The van der Waals surface area contributed by atoms with Crippen LogP contribution in [-0.4, -0.2) is 47.7 Å². The van der Waals surface area contributed by atoms with Crippen molar-refractivity contribution in [2.45, 2.75) is 38.8 Å². The lowest BCUT2D eigenvalue weighted by Gasteiger charge is -2.32. The van der Waals surface area contributed by atoms with Gasteiger partial charge in [0.2, 0.25) is 0 Å². The number of likely N-dealkylation sites (tertiary alicyclic amines) is 1. The first kappa shape index (κ1) is 15.9. The summed E-state index contributed by atoms with van der Waals surface area (Å²) in [5.74, 6) is 1.66. The monoisotopic (exact) mass is 290 g/mol. The lowest BCUT2D eigenvalue weighted by molar-refractivity contribution is 0.177. The van der Waals surface area contributed by atoms with Crippen LogP contribution in [0.1, 0.15) is 30.8 Å². The number of aromatic nitrogens is 2. The zero-order valence-electron chi connectivity index (χ0n) is 13.1. The number of anilines is 1. The van der Waals surface area contributed by atoms with Crippen molar-refractivity contribution in [3.8, 4) is 0 Å². The van der Waals surface area contributed by atoms with Crippen LogP contribution in [0.2, 0.25) is 0 Å². The second kappa shape index (κ2) is 8.10. The van der Waals surface area contributed by atoms with E-state index in [-0.39, 0.29) is 0 Å². The number of methoxy groups -OCH3 is 1. The molecular weight excluding hydrogens is 264 g/mol. The highest BCUT2D eigenvalue weighted by atomic mass is 16.5. The Balaban J connectivity index is 1.86. The van der Waals surface area contributed by atoms with Gasteiger partial charge in [-0.1, -0.05) is 6.08 Å². The molecule has 5 nitrogen and oxygen atoms in total. The molecule has 0 atom stereocenters. The highest BCUT2D eigenvalue weighted by Crippen LogP contribution is 2.16. The zero-order valence-corrected chi connectivity index (χ0v) is 13.1. The molecule has 1 aliphatic heterocycles. The summed E-state index contributed by atoms with van der Waals surface area (Å²) in [7, 11) is 1.66. The van der Waals surface area contributed by atoms with E-state index in [0.717, 1.165) is 56.2 Å². The molecule has 1 aromatic rings. The summed E-state index contributed by atoms with van der Waals surface area (Å²) in [5, 5.41) is 3.54. The predicted octanol–water partition coefficient (Wildman–Crippen LogP) is 2.38. The van der Waals surface area contributed by atoms with Crippen molar-refractivity contribution in [2.24, 2.45) is 0 Å². The van der Waals surface area contributed by atoms with Crippen molar-refractivity contribution in [1.82, 2.24) is 14.9 Å². The molecule has 1 fully saturated rings. The van der Waals surface area contributed by atoms with Crippen LogP contribution in [0.3, 0.4) is 0 Å². The van der Waals surface area contributed by atoms with Crippen molar-refractivity contribution in [1.29, 1.82) is 0 Å². The van der Waals surface area contributed by atoms with Gasteiger partial charge in [0, 0.05) is 44.5 Å². The zero-order chi connectivity index (χ0) is 15.1. The molecule has 0 saturated carbocycles. The lowest BCUT2D eigenvalue weighted by atomic mass is 10.0. The first-order valence-electron chi connectivity index (χ1n) is 7.64. The molecule has 5 heteroatoms. The van der Waals surface area contributed by atoms with Crippen LogP contribution in [0.25, 0.3) is 0 Å². The average Bonchev–Trinajstić information content (AvgIpc) is 2.46. The van der Waals surface area contributed by atoms with Gasteiger partial charge < -0.3 is 15.0 Å². The van der Waals surface area contributed by atoms with Gasteiger partial charge in [-0.3, -0.25) is 0 Å². The largest absolute Gasteiger partial charge is 0.377 e. The maximum absolute atomic E-state index is 5.11. The van der Waals surface area contributed by atoms with Gasteiger partial charge in [0.25, 0.3) is 0 Å². The van der Waals surface area contributed by atoms with Gasteiger partial charge in [-0.05, 0) is 26.2 Å². The van der Waals surface area contributed by atoms with Crippen molar-refractivity contribution in [3.63, 3.8) is 0 Å². The van der Waals surface area contributed by atoms with Crippen LogP contribution in [-0.2, 0) is 11.3 Å². The van der Waals surface area contributed by atoms with Gasteiger partial charge in [-0.15, -0.1) is 6.58 Å². The Kier molecular flexibility index (Phi) is 6.14. The molecule has 1 aromatic heterocycles. The number of nitrogens with one attached hydrogen (secondary N) is 1. The van der Waals surface area contributed by atoms with E-state index in [4.69, 9.17) is 4.74 Å². The molecule has 21 heavy (non-hydrogen) atoms. The second-order valence-corrected chi connectivity index (χ2v) is 5.58. The summed E-state index contributed by atoms with van der Waals surface area (Å²) in [6.07, 6.45) is 5.37. The van der Waals surface area contributed by atoms with Gasteiger partial charge in [0.05, 0.1) is 0 Å². The molecule has 1 aliphatic rings. The molecule has 0 radical (unpaired) electrons. The smallest absolute Gasteiger partial charge is 0.156 e. The lowest BCUT2D eigenvalue weighted by Crippen LogP contribution is -2.39. The van der Waals surface area contributed by atoms with Crippen LogP contribution in [0.15, 0.2) is 18.7 Å². The van der Waals surface area contributed by atoms with E-state index in [1.54, 1.807) is 7.11 Å². The maximum atomic E-state index is 5.11. The molecule has 116 valence electrons. The second-order valence-electron chi connectivity index (χ2n) is 5.58. The van der Waals surface area contributed by atoms with Crippen LogP contribution in [0.4, 0.5) is 5.82 Å². The minimum absolute atomic E-state index is 0.455. The van der Waals surface area contributed by atoms with Crippen molar-refractivity contribution < 1.29 is 4.74 Å². The number of hydrogen-bond acceptors (Lipinski definition) is 5. The Morgan fingerprint density at radius 3 is 2.86 bits per heavy atom. The molecule has 2 rings (SSSR count). The highest BCUT2D eigenvalue weighted by Gasteiger charge is 2.19. The van der Waals surface area contributed by atoms with E-state index in [1.165, 1.54) is 0 Å². The van der Waals surface area contributed by atoms with Crippen LogP contribution in [0.5, 0.6) is 0 Å². The van der Waals surface area contributed by atoms with Gasteiger partial charge >= 0.3 is 0 Å². The Labute approximate surface area is 127 Å². The summed E-state index contributed by atoms with van der Waals surface area (Å²) in [5.41, 5.74) is 0.975. The van der Waals surface area contributed by atoms with Gasteiger partial charge in [0.1, 0.15) is 12.4 Å². The number of ether oxygens (including phenoxy) is 1. The molecule has 2 heterocycles. The summed E-state index contributed by atoms with van der Waals surface area (Å²) >= 11 is 0. The van der Waals surface area contributed by atoms with Crippen LogP contribution >= 0.6 is 0 Å². The first-order chi connectivity index (χ1) is 10.2. The van der Waals surface area contributed by atoms with E-state index < -0.39 is 0 Å². The van der Waals surface area contributed by atoms with E-state index in [0.29, 0.717) is 12.6 Å². The van der Waals surface area contributed by atoms with E-state index >= 15 is 0 Å². The quantitative estimate of drug-likeness (QED) is 0.781. The summed E-state index contributed by atoms with van der Waals surface area (Å²) in [4.78, 5) is 11.4. The molecule has 1 saturated heterocycles. The number of rotatable bonds is 7. The summed E-state index contributed by atoms with van der Waals surface area (Å²) in [6.45, 7) is 9.63. The summed E-state index contributed by atoms with van der Waals surface area (Å²) < 4.78 is 5.11. The van der Waals surface area contributed by atoms with Crippen molar-refractivity contribution in [2.75, 3.05) is 32.1 Å². The minimum atomic E-state index is 0.455. The SMILES string of the molecule is C=CCCN1CCC(Nc2cc(C)nc(COC)n2)CC1. The normalized spacial score (nSPS) is 16.9. The number of aryl methyl sites for hydroxylation is 1. The number of nitrogens with zero attached hydrogens (tertiary/aromatic N) is 3. The highest BCUT2D eigenvalue weighted by molar-refractivity contribution is 5.37. The topological polar surface area (TPSA) is 50.3 Å². The maximum Gasteiger partial charge on any atom is 0.156 e. The molecule has 0 amide bonds.